The van der Waals surface area contributed by atoms with Crippen LogP contribution in [0.25, 0.3) is 0 Å². The zero-order valence-corrected chi connectivity index (χ0v) is 12.8. The molecular formula is C15H23ClN2O2. The number of hydrogen-bond acceptors (Lipinski definition) is 3. The third-order valence-corrected chi connectivity index (χ3v) is 3.27. The summed E-state index contributed by atoms with van der Waals surface area (Å²) in [5.41, 5.74) is 0.760. The van der Waals surface area contributed by atoms with Crippen molar-refractivity contribution >= 4 is 24.0 Å². The molecule has 0 spiro atoms. The monoisotopic (exact) mass is 298 g/mol. The first-order valence-corrected chi connectivity index (χ1v) is 6.88. The molecule has 1 aliphatic carbocycles. The van der Waals surface area contributed by atoms with Crippen LogP contribution in [0, 0.1) is 11.8 Å². The summed E-state index contributed by atoms with van der Waals surface area (Å²) < 4.78 is 5.77. The Labute approximate surface area is 126 Å². The molecule has 1 aromatic rings. The molecule has 0 aromatic heterocycles. The van der Waals surface area contributed by atoms with Gasteiger partial charge in [0.1, 0.15) is 5.75 Å². The predicted octanol–water partition coefficient (Wildman–Crippen LogP) is 2.69. The summed E-state index contributed by atoms with van der Waals surface area (Å²) in [4.78, 5) is 12.0. The second kappa shape index (κ2) is 8.12. The molecule has 1 fully saturated rings. The normalized spacial score (nSPS) is 15.1. The summed E-state index contributed by atoms with van der Waals surface area (Å²) in [5, 5.41) is 5.94. The highest BCUT2D eigenvalue weighted by Crippen LogP contribution is 2.31. The van der Waals surface area contributed by atoms with E-state index in [9.17, 15) is 4.79 Å². The van der Waals surface area contributed by atoms with Crippen molar-refractivity contribution in [1.82, 2.24) is 5.32 Å². The van der Waals surface area contributed by atoms with Gasteiger partial charge in [0.2, 0.25) is 5.91 Å². The summed E-state index contributed by atoms with van der Waals surface area (Å²) in [6, 6.07) is 7.62. The fourth-order valence-corrected chi connectivity index (χ4v) is 1.84. The summed E-state index contributed by atoms with van der Waals surface area (Å²) in [5.74, 6) is 1.41. The Bertz CT molecular complexity index is 436. The number of anilines is 1. The predicted molar refractivity (Wildman–Crippen MR) is 83.6 cm³/mol. The van der Waals surface area contributed by atoms with Gasteiger partial charge in [-0.25, -0.2) is 0 Å². The quantitative estimate of drug-likeness (QED) is 0.814. The Morgan fingerprint density at radius 1 is 1.40 bits per heavy atom. The largest absolute Gasteiger partial charge is 0.491 e. The molecule has 1 atom stereocenters. The van der Waals surface area contributed by atoms with E-state index in [-0.39, 0.29) is 24.2 Å². The zero-order valence-electron chi connectivity index (χ0n) is 12.0. The first-order valence-electron chi connectivity index (χ1n) is 6.88. The standard InChI is InChI=1S/C15H22N2O2.ClH/c1-11(9-16-2)15(18)17-13-5-3-4-6-14(13)19-10-12-7-8-12;/h3-6,11-12,16H,7-10H2,1-2H3,(H,17,18);1H. The molecule has 2 rings (SSSR count). The van der Waals surface area contributed by atoms with Crippen LogP contribution in [0.1, 0.15) is 19.8 Å². The first kappa shape index (κ1) is 16.8. The summed E-state index contributed by atoms with van der Waals surface area (Å²) in [6.07, 6.45) is 2.52. The van der Waals surface area contributed by atoms with Crippen molar-refractivity contribution < 1.29 is 9.53 Å². The van der Waals surface area contributed by atoms with Crippen LogP contribution in [0.5, 0.6) is 5.75 Å². The van der Waals surface area contributed by atoms with Crippen molar-refractivity contribution in [3.8, 4) is 5.75 Å². The van der Waals surface area contributed by atoms with E-state index in [1.165, 1.54) is 12.8 Å². The third-order valence-electron chi connectivity index (χ3n) is 3.27. The van der Waals surface area contributed by atoms with E-state index in [1.54, 1.807) is 0 Å². The maximum Gasteiger partial charge on any atom is 0.228 e. The molecule has 4 nitrogen and oxygen atoms in total. The number of nitrogens with one attached hydrogen (secondary N) is 2. The highest BCUT2D eigenvalue weighted by molar-refractivity contribution is 5.93. The number of ether oxygens (including phenoxy) is 1. The lowest BCUT2D eigenvalue weighted by atomic mass is 10.1. The van der Waals surface area contributed by atoms with E-state index in [1.807, 2.05) is 38.2 Å². The smallest absolute Gasteiger partial charge is 0.228 e. The molecule has 1 saturated carbocycles. The van der Waals surface area contributed by atoms with E-state index < -0.39 is 0 Å². The van der Waals surface area contributed by atoms with Gasteiger partial charge in [0.25, 0.3) is 0 Å². The van der Waals surface area contributed by atoms with Gasteiger partial charge in [-0.2, -0.15) is 0 Å². The van der Waals surface area contributed by atoms with Gasteiger partial charge in [-0.15, -0.1) is 12.4 Å². The number of carbonyl (C=O) groups excluding carboxylic acids is 1. The van der Waals surface area contributed by atoms with Crippen molar-refractivity contribution in [2.45, 2.75) is 19.8 Å². The number of amides is 1. The van der Waals surface area contributed by atoms with Crippen LogP contribution in [0.3, 0.4) is 0 Å². The minimum atomic E-state index is -0.0681. The van der Waals surface area contributed by atoms with Crippen molar-refractivity contribution in [3.05, 3.63) is 24.3 Å². The van der Waals surface area contributed by atoms with Crippen molar-refractivity contribution in [1.29, 1.82) is 0 Å². The lowest BCUT2D eigenvalue weighted by Gasteiger charge is -2.15. The SMILES string of the molecule is CNCC(C)C(=O)Nc1ccccc1OCC1CC1.Cl. The Balaban J connectivity index is 0.00000200. The Hall–Kier alpha value is -1.26. The van der Waals surface area contributed by atoms with Crippen LogP contribution in [-0.2, 0) is 4.79 Å². The van der Waals surface area contributed by atoms with Gasteiger partial charge in [0.05, 0.1) is 12.3 Å². The van der Waals surface area contributed by atoms with Crippen molar-refractivity contribution in [3.63, 3.8) is 0 Å². The zero-order chi connectivity index (χ0) is 13.7. The highest BCUT2D eigenvalue weighted by atomic mass is 35.5. The van der Waals surface area contributed by atoms with E-state index in [2.05, 4.69) is 10.6 Å². The number of rotatable bonds is 7. The number of benzene rings is 1. The van der Waals surface area contributed by atoms with Crippen molar-refractivity contribution in [2.24, 2.45) is 11.8 Å². The Morgan fingerprint density at radius 2 is 2.10 bits per heavy atom. The van der Waals surface area contributed by atoms with Gasteiger partial charge in [0, 0.05) is 12.5 Å². The van der Waals surface area contributed by atoms with Crippen LogP contribution in [-0.4, -0.2) is 26.1 Å². The lowest BCUT2D eigenvalue weighted by Crippen LogP contribution is -2.28. The molecule has 2 N–H and O–H groups in total. The second-order valence-corrected chi connectivity index (χ2v) is 5.20. The summed E-state index contributed by atoms with van der Waals surface area (Å²) in [6.45, 7) is 3.31. The summed E-state index contributed by atoms with van der Waals surface area (Å²) in [7, 11) is 1.84. The average Bonchev–Trinajstić information content (AvgIpc) is 3.22. The minimum Gasteiger partial charge on any atom is -0.491 e. The van der Waals surface area contributed by atoms with Gasteiger partial charge in [0.15, 0.2) is 0 Å². The number of para-hydroxylation sites is 2. The van der Waals surface area contributed by atoms with Gasteiger partial charge < -0.3 is 15.4 Å². The second-order valence-electron chi connectivity index (χ2n) is 5.20. The fourth-order valence-electron chi connectivity index (χ4n) is 1.84. The maximum atomic E-state index is 12.0. The lowest BCUT2D eigenvalue weighted by molar-refractivity contribution is -0.119. The third kappa shape index (κ3) is 5.02. The molecule has 1 unspecified atom stereocenters. The molecule has 0 saturated heterocycles. The van der Waals surface area contributed by atoms with Crippen LogP contribution in [0.15, 0.2) is 24.3 Å². The van der Waals surface area contributed by atoms with Crippen LogP contribution >= 0.6 is 12.4 Å². The summed E-state index contributed by atoms with van der Waals surface area (Å²) >= 11 is 0. The molecule has 5 heteroatoms. The molecule has 1 amide bonds. The number of hydrogen-bond donors (Lipinski definition) is 2. The van der Waals surface area contributed by atoms with E-state index >= 15 is 0 Å². The Kier molecular flexibility index (Phi) is 6.82. The first-order chi connectivity index (χ1) is 9.20. The van der Waals surface area contributed by atoms with Gasteiger partial charge in [-0.1, -0.05) is 19.1 Å². The molecule has 20 heavy (non-hydrogen) atoms. The molecule has 0 aliphatic heterocycles. The molecule has 112 valence electrons. The van der Waals surface area contributed by atoms with Gasteiger partial charge in [-0.3, -0.25) is 4.79 Å². The minimum absolute atomic E-state index is 0. The molecule has 1 aliphatic rings. The van der Waals surface area contributed by atoms with E-state index in [0.29, 0.717) is 12.5 Å². The fraction of sp³-hybridized carbons (Fsp3) is 0.533. The molecular weight excluding hydrogens is 276 g/mol. The van der Waals surface area contributed by atoms with Gasteiger partial charge >= 0.3 is 0 Å². The topological polar surface area (TPSA) is 50.4 Å². The average molecular weight is 299 g/mol. The van der Waals surface area contributed by atoms with E-state index in [0.717, 1.165) is 18.0 Å². The highest BCUT2D eigenvalue weighted by Gasteiger charge is 2.22. The number of halogens is 1. The molecule has 1 aromatic carbocycles. The molecule has 0 heterocycles. The van der Waals surface area contributed by atoms with E-state index in [4.69, 9.17) is 4.74 Å². The Morgan fingerprint density at radius 3 is 2.75 bits per heavy atom. The van der Waals surface area contributed by atoms with Crippen molar-refractivity contribution in [2.75, 3.05) is 25.5 Å². The molecule has 0 bridgehead atoms. The molecule has 0 radical (unpaired) electrons. The van der Waals surface area contributed by atoms with Crippen LogP contribution in [0.2, 0.25) is 0 Å². The maximum absolute atomic E-state index is 12.0. The van der Waals surface area contributed by atoms with Gasteiger partial charge in [-0.05, 0) is 37.9 Å². The van der Waals surface area contributed by atoms with Crippen LogP contribution in [0.4, 0.5) is 5.69 Å². The van der Waals surface area contributed by atoms with Crippen LogP contribution < -0.4 is 15.4 Å². The number of carbonyl (C=O) groups is 1.